The number of benzene rings is 10. The van der Waals surface area contributed by atoms with Crippen LogP contribution < -0.4 is 0 Å². The molecule has 0 heteroatoms. The lowest BCUT2D eigenvalue weighted by atomic mass is 9.79. The fourth-order valence-corrected chi connectivity index (χ4v) is 9.62. The standard InChI is InChI=1S/C53H36/c1-53(2)49-32-35(27-28-41(49)47-29-26-34-15-4-8-20-40(34)52(47)53)37-30-36-16-5-7-19-39(36)48(31-37)51-45-23-11-9-21-43(45)50(44-22-10-12-24-46(44)51)42-25-13-17-33-14-3-6-18-38(33)42/h3-32H,1-2H3. The van der Waals surface area contributed by atoms with Crippen LogP contribution in [0.3, 0.4) is 0 Å². The van der Waals surface area contributed by atoms with Gasteiger partial charge in [0.1, 0.15) is 0 Å². The first-order chi connectivity index (χ1) is 26.1. The van der Waals surface area contributed by atoms with Crippen molar-refractivity contribution in [3.63, 3.8) is 0 Å². The minimum absolute atomic E-state index is 0.120. The Hall–Kier alpha value is -6.50. The van der Waals surface area contributed by atoms with Gasteiger partial charge in [-0.2, -0.15) is 0 Å². The van der Waals surface area contributed by atoms with Crippen LogP contribution in [0.25, 0.3) is 98.4 Å². The minimum atomic E-state index is -0.120. The summed E-state index contributed by atoms with van der Waals surface area (Å²) in [6, 6.07) is 67.9. The molecule has 0 fully saturated rings. The highest BCUT2D eigenvalue weighted by Gasteiger charge is 2.37. The van der Waals surface area contributed by atoms with Gasteiger partial charge in [0, 0.05) is 5.41 Å². The van der Waals surface area contributed by atoms with Gasteiger partial charge in [0.05, 0.1) is 0 Å². The third-order valence-corrected chi connectivity index (χ3v) is 12.0. The van der Waals surface area contributed by atoms with Crippen LogP contribution in [0.4, 0.5) is 0 Å². The fourth-order valence-electron chi connectivity index (χ4n) is 9.62. The zero-order valence-corrected chi connectivity index (χ0v) is 29.8. The Bertz CT molecular complexity index is 3080. The molecule has 53 heavy (non-hydrogen) atoms. The lowest BCUT2D eigenvalue weighted by molar-refractivity contribution is 0.666. The lowest BCUT2D eigenvalue weighted by Gasteiger charge is -2.24. The summed E-state index contributed by atoms with van der Waals surface area (Å²) in [6.45, 7) is 4.80. The van der Waals surface area contributed by atoms with Crippen molar-refractivity contribution < 1.29 is 0 Å². The molecule has 11 rings (SSSR count). The third kappa shape index (κ3) is 4.36. The highest BCUT2D eigenvalue weighted by Crippen LogP contribution is 2.53. The Labute approximate surface area is 309 Å². The molecule has 0 aliphatic heterocycles. The van der Waals surface area contributed by atoms with Crippen molar-refractivity contribution in [3.8, 4) is 44.5 Å². The molecule has 0 aromatic heterocycles. The SMILES string of the molecule is CC1(C)c2cc(-c3cc(-c4c5ccccc5c(-c5cccc6ccccc56)c5ccccc45)c4ccccc4c3)ccc2-c2ccc3ccccc3c21. The smallest absolute Gasteiger partial charge is 0.0165 e. The molecule has 0 unspecified atom stereocenters. The summed E-state index contributed by atoms with van der Waals surface area (Å²) in [5, 5.41) is 12.8. The van der Waals surface area contributed by atoms with Crippen LogP contribution in [-0.2, 0) is 5.41 Å². The second kappa shape index (κ2) is 11.2. The average molecular weight is 673 g/mol. The second-order valence-electron chi connectivity index (χ2n) is 15.2. The van der Waals surface area contributed by atoms with Crippen molar-refractivity contribution in [1.29, 1.82) is 0 Å². The maximum absolute atomic E-state index is 2.47. The van der Waals surface area contributed by atoms with Gasteiger partial charge in [-0.05, 0) is 128 Å². The Kier molecular flexibility index (Phi) is 6.40. The molecular weight excluding hydrogens is 637 g/mol. The first-order valence-electron chi connectivity index (χ1n) is 18.7. The predicted octanol–water partition coefficient (Wildman–Crippen LogP) is 14.8. The Morgan fingerprint density at radius 2 is 0.792 bits per heavy atom. The van der Waals surface area contributed by atoms with Crippen LogP contribution in [0.1, 0.15) is 25.0 Å². The molecule has 0 nitrogen and oxygen atoms in total. The average Bonchev–Trinajstić information content (AvgIpc) is 3.45. The van der Waals surface area contributed by atoms with Gasteiger partial charge >= 0.3 is 0 Å². The highest BCUT2D eigenvalue weighted by atomic mass is 14.4. The maximum atomic E-state index is 2.47. The highest BCUT2D eigenvalue weighted by molar-refractivity contribution is 6.25. The molecule has 0 atom stereocenters. The van der Waals surface area contributed by atoms with Gasteiger partial charge in [0.2, 0.25) is 0 Å². The van der Waals surface area contributed by atoms with Crippen LogP contribution in [-0.4, -0.2) is 0 Å². The lowest BCUT2D eigenvalue weighted by Crippen LogP contribution is -2.15. The van der Waals surface area contributed by atoms with Crippen molar-refractivity contribution in [3.05, 3.63) is 193 Å². The Morgan fingerprint density at radius 1 is 0.302 bits per heavy atom. The van der Waals surface area contributed by atoms with Crippen LogP contribution in [0, 0.1) is 0 Å². The van der Waals surface area contributed by atoms with Crippen molar-refractivity contribution in [2.45, 2.75) is 19.3 Å². The van der Waals surface area contributed by atoms with Gasteiger partial charge in [0.15, 0.2) is 0 Å². The third-order valence-electron chi connectivity index (χ3n) is 12.0. The Balaban J connectivity index is 1.18. The summed E-state index contributed by atoms with van der Waals surface area (Å²) in [7, 11) is 0. The molecule has 0 N–H and O–H groups in total. The van der Waals surface area contributed by atoms with E-state index in [1.807, 2.05) is 0 Å². The van der Waals surface area contributed by atoms with Gasteiger partial charge in [0.25, 0.3) is 0 Å². The van der Waals surface area contributed by atoms with E-state index < -0.39 is 0 Å². The molecule has 0 heterocycles. The van der Waals surface area contributed by atoms with E-state index in [2.05, 4.69) is 196 Å². The van der Waals surface area contributed by atoms with Crippen LogP contribution in [0.2, 0.25) is 0 Å². The van der Waals surface area contributed by atoms with Gasteiger partial charge in [-0.25, -0.2) is 0 Å². The molecule has 0 spiro atoms. The van der Waals surface area contributed by atoms with E-state index in [0.717, 1.165) is 0 Å². The van der Waals surface area contributed by atoms with E-state index in [1.165, 1.54) is 109 Å². The second-order valence-corrected chi connectivity index (χ2v) is 15.2. The summed E-state index contributed by atoms with van der Waals surface area (Å²) < 4.78 is 0. The van der Waals surface area contributed by atoms with Gasteiger partial charge in [-0.15, -0.1) is 0 Å². The molecule has 248 valence electrons. The Morgan fingerprint density at radius 3 is 1.45 bits per heavy atom. The molecular formula is C53H36. The molecule has 0 bridgehead atoms. The van der Waals surface area contributed by atoms with E-state index >= 15 is 0 Å². The predicted molar refractivity (Wildman–Crippen MR) is 228 cm³/mol. The van der Waals surface area contributed by atoms with Crippen molar-refractivity contribution in [2.75, 3.05) is 0 Å². The van der Waals surface area contributed by atoms with E-state index in [-0.39, 0.29) is 5.41 Å². The van der Waals surface area contributed by atoms with Gasteiger partial charge in [-0.1, -0.05) is 178 Å². The normalized spacial score (nSPS) is 13.2. The molecule has 0 saturated carbocycles. The molecule has 1 aliphatic rings. The van der Waals surface area contributed by atoms with E-state index in [4.69, 9.17) is 0 Å². The molecule has 0 saturated heterocycles. The first-order valence-corrected chi connectivity index (χ1v) is 18.7. The fraction of sp³-hybridized carbons (Fsp3) is 0.0566. The van der Waals surface area contributed by atoms with E-state index in [0.29, 0.717) is 0 Å². The van der Waals surface area contributed by atoms with Crippen molar-refractivity contribution in [1.82, 2.24) is 0 Å². The van der Waals surface area contributed by atoms with E-state index in [1.54, 1.807) is 0 Å². The van der Waals surface area contributed by atoms with Crippen molar-refractivity contribution >= 4 is 53.9 Å². The zero-order valence-electron chi connectivity index (χ0n) is 29.8. The molecule has 0 radical (unpaired) electrons. The summed E-state index contributed by atoms with van der Waals surface area (Å²) >= 11 is 0. The quantitative estimate of drug-likeness (QED) is 0.164. The summed E-state index contributed by atoms with van der Waals surface area (Å²) in [5.41, 5.74) is 13.0. The monoisotopic (exact) mass is 672 g/mol. The number of rotatable bonds is 3. The summed E-state index contributed by atoms with van der Waals surface area (Å²) in [6.07, 6.45) is 0. The van der Waals surface area contributed by atoms with Gasteiger partial charge < -0.3 is 0 Å². The van der Waals surface area contributed by atoms with Crippen LogP contribution >= 0.6 is 0 Å². The van der Waals surface area contributed by atoms with Crippen LogP contribution in [0.5, 0.6) is 0 Å². The first kappa shape index (κ1) is 30.2. The number of fused-ring (bicyclic) bond motifs is 9. The van der Waals surface area contributed by atoms with Gasteiger partial charge in [-0.3, -0.25) is 0 Å². The number of hydrogen-bond acceptors (Lipinski definition) is 0. The van der Waals surface area contributed by atoms with Crippen LogP contribution in [0.15, 0.2) is 182 Å². The number of hydrogen-bond donors (Lipinski definition) is 0. The zero-order chi connectivity index (χ0) is 35.3. The van der Waals surface area contributed by atoms with Crippen molar-refractivity contribution in [2.24, 2.45) is 0 Å². The van der Waals surface area contributed by atoms with E-state index in [9.17, 15) is 0 Å². The molecule has 10 aromatic rings. The maximum Gasteiger partial charge on any atom is 0.0165 e. The molecule has 1 aliphatic carbocycles. The molecule has 0 amide bonds. The largest absolute Gasteiger partial charge is 0.0616 e. The summed E-state index contributed by atoms with van der Waals surface area (Å²) in [5.74, 6) is 0. The summed E-state index contributed by atoms with van der Waals surface area (Å²) in [4.78, 5) is 0. The minimum Gasteiger partial charge on any atom is -0.0616 e. The molecule has 10 aromatic carbocycles. The topological polar surface area (TPSA) is 0 Å².